The van der Waals surface area contributed by atoms with Gasteiger partial charge >= 0.3 is 0 Å². The Morgan fingerprint density at radius 1 is 1.69 bits per heavy atom. The molecule has 1 N–H and O–H groups in total. The summed E-state index contributed by atoms with van der Waals surface area (Å²) in [5.41, 5.74) is 0. The third kappa shape index (κ3) is 2.76. The zero-order chi connectivity index (χ0) is 9.84. The summed E-state index contributed by atoms with van der Waals surface area (Å²) in [7, 11) is 1.95. The predicted octanol–water partition coefficient (Wildman–Crippen LogP) is 1.85. The van der Waals surface area contributed by atoms with Gasteiger partial charge in [-0.2, -0.15) is 0 Å². The molecule has 3 nitrogen and oxygen atoms in total. The molecular weight excluding hydrogens is 164 g/mol. The molecule has 0 aromatic carbocycles. The molecular formula is C10H18N2O. The van der Waals surface area contributed by atoms with Gasteiger partial charge in [0.1, 0.15) is 6.10 Å². The summed E-state index contributed by atoms with van der Waals surface area (Å²) >= 11 is 0. The molecule has 0 aliphatic carbocycles. The van der Waals surface area contributed by atoms with E-state index in [1.165, 1.54) is 0 Å². The molecule has 1 aliphatic rings. The molecule has 0 bridgehead atoms. The fraction of sp³-hybridized carbons (Fsp3) is 0.700. The van der Waals surface area contributed by atoms with E-state index in [2.05, 4.69) is 0 Å². The number of likely N-dealkylation sites (N-methyl/N-ethyl adjacent to an activating group) is 1. The average molecular weight is 182 g/mol. The fourth-order valence-corrected chi connectivity index (χ4v) is 1.39. The molecule has 74 valence electrons. The Morgan fingerprint density at radius 2 is 2.38 bits per heavy atom. The van der Waals surface area contributed by atoms with Crippen LogP contribution in [0.5, 0.6) is 0 Å². The Balaban J connectivity index is 2.32. The van der Waals surface area contributed by atoms with Crippen LogP contribution in [-0.2, 0) is 4.74 Å². The molecule has 0 spiro atoms. The second kappa shape index (κ2) is 4.30. The Bertz CT molecular complexity index is 203. The van der Waals surface area contributed by atoms with Gasteiger partial charge in [0.05, 0.1) is 18.6 Å². The van der Waals surface area contributed by atoms with Crippen molar-refractivity contribution in [3.8, 4) is 0 Å². The second-order valence-electron chi connectivity index (χ2n) is 3.79. The minimum absolute atomic E-state index is 0.240. The standard InChI is InChI=1S/C10H18N2O/c1-8(2)10(11)12(3)7-9-5-4-6-13-9/h4,6,8-9,11H,5,7H2,1-3H3. The molecule has 13 heavy (non-hydrogen) atoms. The highest BCUT2D eigenvalue weighted by Gasteiger charge is 2.16. The molecule has 0 fully saturated rings. The van der Waals surface area contributed by atoms with E-state index in [4.69, 9.17) is 10.1 Å². The zero-order valence-corrected chi connectivity index (χ0v) is 8.58. The van der Waals surface area contributed by atoms with Crippen molar-refractivity contribution >= 4 is 5.84 Å². The van der Waals surface area contributed by atoms with Crippen molar-refractivity contribution in [3.63, 3.8) is 0 Å². The van der Waals surface area contributed by atoms with Crippen LogP contribution in [0, 0.1) is 11.3 Å². The summed E-state index contributed by atoms with van der Waals surface area (Å²) in [4.78, 5) is 1.96. The van der Waals surface area contributed by atoms with Gasteiger partial charge in [-0.1, -0.05) is 13.8 Å². The lowest BCUT2D eigenvalue weighted by Gasteiger charge is -2.25. The van der Waals surface area contributed by atoms with E-state index in [0.717, 1.165) is 13.0 Å². The van der Waals surface area contributed by atoms with Gasteiger partial charge < -0.3 is 9.64 Å². The molecule has 0 aromatic rings. The van der Waals surface area contributed by atoms with E-state index in [-0.39, 0.29) is 6.10 Å². The summed E-state index contributed by atoms with van der Waals surface area (Å²) < 4.78 is 5.33. The predicted molar refractivity (Wildman–Crippen MR) is 53.8 cm³/mol. The molecule has 0 aromatic heterocycles. The van der Waals surface area contributed by atoms with Gasteiger partial charge in [0.15, 0.2) is 0 Å². The Morgan fingerprint density at radius 3 is 2.85 bits per heavy atom. The van der Waals surface area contributed by atoms with E-state index in [0.29, 0.717) is 11.8 Å². The Hall–Kier alpha value is -0.990. The minimum Gasteiger partial charge on any atom is -0.496 e. The van der Waals surface area contributed by atoms with Gasteiger partial charge in [-0.25, -0.2) is 0 Å². The number of rotatable bonds is 3. The molecule has 1 aliphatic heterocycles. The Labute approximate surface area is 79.9 Å². The van der Waals surface area contributed by atoms with Crippen LogP contribution in [0.1, 0.15) is 20.3 Å². The van der Waals surface area contributed by atoms with Crippen molar-refractivity contribution in [2.45, 2.75) is 26.4 Å². The van der Waals surface area contributed by atoms with Crippen LogP contribution < -0.4 is 0 Å². The van der Waals surface area contributed by atoms with Crippen LogP contribution in [0.2, 0.25) is 0 Å². The van der Waals surface area contributed by atoms with Crippen molar-refractivity contribution in [2.24, 2.45) is 5.92 Å². The van der Waals surface area contributed by atoms with Crippen molar-refractivity contribution in [1.29, 1.82) is 5.41 Å². The second-order valence-corrected chi connectivity index (χ2v) is 3.79. The molecule has 0 amide bonds. The maximum atomic E-state index is 7.76. The van der Waals surface area contributed by atoms with Gasteiger partial charge in [-0.3, -0.25) is 5.41 Å². The quantitative estimate of drug-likeness (QED) is 0.534. The molecule has 1 rings (SSSR count). The first-order chi connectivity index (χ1) is 6.11. The van der Waals surface area contributed by atoms with Crippen molar-refractivity contribution < 1.29 is 4.74 Å². The zero-order valence-electron chi connectivity index (χ0n) is 8.58. The number of hydrogen-bond donors (Lipinski definition) is 1. The van der Waals surface area contributed by atoms with E-state index in [9.17, 15) is 0 Å². The molecule has 0 saturated heterocycles. The summed E-state index contributed by atoms with van der Waals surface area (Å²) in [5.74, 6) is 0.967. The summed E-state index contributed by atoms with van der Waals surface area (Å²) in [6, 6.07) is 0. The lowest BCUT2D eigenvalue weighted by atomic mass is 10.1. The van der Waals surface area contributed by atoms with Crippen molar-refractivity contribution in [1.82, 2.24) is 4.90 Å². The molecule has 1 atom stereocenters. The molecule has 1 heterocycles. The van der Waals surface area contributed by atoms with E-state index >= 15 is 0 Å². The molecule has 0 radical (unpaired) electrons. The number of hydrogen-bond acceptors (Lipinski definition) is 2. The summed E-state index contributed by atoms with van der Waals surface area (Å²) in [5, 5.41) is 7.76. The van der Waals surface area contributed by atoms with Crippen LogP contribution in [-0.4, -0.2) is 30.4 Å². The molecule has 1 unspecified atom stereocenters. The number of amidine groups is 1. The first-order valence-corrected chi connectivity index (χ1v) is 4.71. The van der Waals surface area contributed by atoms with Crippen LogP contribution in [0.15, 0.2) is 12.3 Å². The van der Waals surface area contributed by atoms with Crippen LogP contribution in [0.25, 0.3) is 0 Å². The monoisotopic (exact) mass is 182 g/mol. The average Bonchev–Trinajstić information content (AvgIpc) is 2.55. The third-order valence-electron chi connectivity index (χ3n) is 2.20. The Kier molecular flexibility index (Phi) is 3.34. The van der Waals surface area contributed by atoms with Crippen LogP contribution in [0.4, 0.5) is 0 Å². The highest BCUT2D eigenvalue weighted by atomic mass is 16.5. The van der Waals surface area contributed by atoms with Gasteiger partial charge in [-0.05, 0) is 6.08 Å². The summed E-state index contributed by atoms with van der Waals surface area (Å²) in [6.07, 6.45) is 4.98. The van der Waals surface area contributed by atoms with Gasteiger partial charge in [0.25, 0.3) is 0 Å². The van der Waals surface area contributed by atoms with Crippen molar-refractivity contribution in [3.05, 3.63) is 12.3 Å². The van der Waals surface area contributed by atoms with Crippen LogP contribution in [0.3, 0.4) is 0 Å². The fourth-order valence-electron chi connectivity index (χ4n) is 1.39. The van der Waals surface area contributed by atoms with E-state index in [1.807, 2.05) is 31.9 Å². The molecule has 3 heteroatoms. The first-order valence-electron chi connectivity index (χ1n) is 4.71. The smallest absolute Gasteiger partial charge is 0.119 e. The lowest BCUT2D eigenvalue weighted by molar-refractivity contribution is 0.146. The minimum atomic E-state index is 0.240. The topological polar surface area (TPSA) is 36.3 Å². The number of ether oxygens (including phenoxy) is 1. The van der Waals surface area contributed by atoms with Crippen molar-refractivity contribution in [2.75, 3.05) is 13.6 Å². The van der Waals surface area contributed by atoms with E-state index < -0.39 is 0 Å². The summed E-state index contributed by atoms with van der Waals surface area (Å²) in [6.45, 7) is 4.88. The van der Waals surface area contributed by atoms with Gasteiger partial charge in [0, 0.05) is 19.4 Å². The van der Waals surface area contributed by atoms with Crippen LogP contribution >= 0.6 is 0 Å². The van der Waals surface area contributed by atoms with Gasteiger partial charge in [0.2, 0.25) is 0 Å². The third-order valence-corrected chi connectivity index (χ3v) is 2.20. The number of nitrogens with zero attached hydrogens (tertiary/aromatic N) is 1. The highest BCUT2D eigenvalue weighted by Crippen LogP contribution is 2.11. The van der Waals surface area contributed by atoms with E-state index in [1.54, 1.807) is 6.26 Å². The first kappa shape index (κ1) is 10.1. The van der Waals surface area contributed by atoms with Gasteiger partial charge in [-0.15, -0.1) is 0 Å². The number of nitrogens with one attached hydrogen (secondary N) is 1. The SMILES string of the molecule is CC(C)C(=N)N(C)CC1CC=CO1. The maximum Gasteiger partial charge on any atom is 0.119 e. The normalized spacial score (nSPS) is 20.5. The lowest BCUT2D eigenvalue weighted by Crippen LogP contribution is -2.36. The molecule has 0 saturated carbocycles. The highest BCUT2D eigenvalue weighted by molar-refractivity contribution is 5.80. The largest absolute Gasteiger partial charge is 0.496 e. The maximum absolute atomic E-state index is 7.76.